The van der Waals surface area contributed by atoms with Crippen LogP contribution in [0.25, 0.3) is 0 Å². The van der Waals surface area contributed by atoms with Crippen LogP contribution in [0.15, 0.2) is 18.2 Å². The molecule has 0 fully saturated rings. The fourth-order valence-electron chi connectivity index (χ4n) is 2.52. The molecule has 0 radical (unpaired) electrons. The molecule has 0 saturated heterocycles. The van der Waals surface area contributed by atoms with E-state index in [4.69, 9.17) is 0 Å². The minimum absolute atomic E-state index is 0.223. The maximum Gasteiger partial charge on any atom is 0.131 e. The molecule has 0 aliphatic carbocycles. The Morgan fingerprint density at radius 2 is 2.31 bits per heavy atom. The molecule has 86 valence electrons. The molecule has 0 amide bonds. The largest absolute Gasteiger partial charge is 0.508 e. The Balaban J connectivity index is 2.28. The minimum atomic E-state index is 0.223. The van der Waals surface area contributed by atoms with Crippen molar-refractivity contribution < 1.29 is 9.90 Å². The standard InChI is InChI=1S/C13H17NO2/c1-3-14-11(6-9(2)15)7-10-8-12(16)4-5-13(10)14/h4-5,8,11,16H,3,6-7H2,1-2H3. The van der Waals surface area contributed by atoms with Crippen LogP contribution < -0.4 is 4.90 Å². The first-order chi connectivity index (χ1) is 7.61. The summed E-state index contributed by atoms with van der Waals surface area (Å²) in [6.07, 6.45) is 1.44. The Morgan fingerprint density at radius 3 is 2.94 bits per heavy atom. The molecular formula is C13H17NO2. The van der Waals surface area contributed by atoms with Crippen LogP contribution in [0.2, 0.25) is 0 Å². The van der Waals surface area contributed by atoms with Gasteiger partial charge in [0, 0.05) is 24.7 Å². The number of hydrogen-bond acceptors (Lipinski definition) is 3. The summed E-state index contributed by atoms with van der Waals surface area (Å²) in [4.78, 5) is 13.4. The molecule has 1 aliphatic heterocycles. The molecule has 1 N–H and O–H groups in total. The fraction of sp³-hybridized carbons (Fsp3) is 0.462. The van der Waals surface area contributed by atoms with Crippen molar-refractivity contribution in [2.45, 2.75) is 32.7 Å². The smallest absolute Gasteiger partial charge is 0.131 e. The Hall–Kier alpha value is -1.51. The number of ketones is 1. The monoisotopic (exact) mass is 219 g/mol. The van der Waals surface area contributed by atoms with Crippen LogP contribution >= 0.6 is 0 Å². The normalized spacial score (nSPS) is 18.6. The minimum Gasteiger partial charge on any atom is -0.508 e. The first kappa shape index (κ1) is 11.0. The lowest BCUT2D eigenvalue weighted by Gasteiger charge is -2.25. The van der Waals surface area contributed by atoms with E-state index in [-0.39, 0.29) is 11.8 Å². The van der Waals surface area contributed by atoms with Crippen LogP contribution in [0.4, 0.5) is 5.69 Å². The second-order valence-corrected chi connectivity index (χ2v) is 4.36. The molecule has 1 heterocycles. The number of hydrogen-bond donors (Lipinski definition) is 1. The van der Waals surface area contributed by atoms with E-state index < -0.39 is 0 Å². The lowest BCUT2D eigenvalue weighted by molar-refractivity contribution is -0.117. The van der Waals surface area contributed by atoms with E-state index in [1.54, 1.807) is 19.1 Å². The van der Waals surface area contributed by atoms with Gasteiger partial charge in [0.1, 0.15) is 11.5 Å². The van der Waals surface area contributed by atoms with Crippen LogP contribution in [-0.2, 0) is 11.2 Å². The average molecular weight is 219 g/mol. The molecular weight excluding hydrogens is 202 g/mol. The Kier molecular flexibility index (Phi) is 2.86. The number of benzene rings is 1. The zero-order valence-electron chi connectivity index (χ0n) is 9.73. The van der Waals surface area contributed by atoms with Crippen molar-refractivity contribution in [1.82, 2.24) is 0 Å². The predicted molar refractivity (Wildman–Crippen MR) is 63.9 cm³/mol. The van der Waals surface area contributed by atoms with Crippen LogP contribution in [0.3, 0.4) is 0 Å². The van der Waals surface area contributed by atoms with Crippen molar-refractivity contribution in [2.24, 2.45) is 0 Å². The summed E-state index contributed by atoms with van der Waals surface area (Å²) >= 11 is 0. The maximum absolute atomic E-state index is 11.2. The topological polar surface area (TPSA) is 40.5 Å². The molecule has 16 heavy (non-hydrogen) atoms. The molecule has 1 aromatic rings. The molecule has 1 atom stereocenters. The first-order valence-electron chi connectivity index (χ1n) is 5.69. The lowest BCUT2D eigenvalue weighted by atomic mass is 10.1. The number of aromatic hydroxyl groups is 1. The molecule has 3 nitrogen and oxygen atoms in total. The third kappa shape index (κ3) is 1.90. The number of Topliss-reactive ketones (excluding diaryl/α,β-unsaturated/α-hetero) is 1. The summed E-state index contributed by atoms with van der Waals surface area (Å²) in [5.41, 5.74) is 2.31. The van der Waals surface area contributed by atoms with Gasteiger partial charge in [0.25, 0.3) is 0 Å². The number of carbonyl (C=O) groups is 1. The number of phenols is 1. The highest BCUT2D eigenvalue weighted by atomic mass is 16.3. The SMILES string of the molecule is CCN1c2ccc(O)cc2CC1CC(C)=O. The van der Waals surface area contributed by atoms with Gasteiger partial charge in [0.15, 0.2) is 0 Å². The maximum atomic E-state index is 11.2. The van der Waals surface area contributed by atoms with Gasteiger partial charge < -0.3 is 10.0 Å². The molecule has 0 saturated carbocycles. The molecule has 1 unspecified atom stereocenters. The molecule has 0 aromatic heterocycles. The van der Waals surface area contributed by atoms with E-state index in [2.05, 4.69) is 11.8 Å². The van der Waals surface area contributed by atoms with Gasteiger partial charge in [-0.1, -0.05) is 0 Å². The molecule has 0 spiro atoms. The quantitative estimate of drug-likeness (QED) is 0.846. The highest BCUT2D eigenvalue weighted by Crippen LogP contribution is 2.35. The van der Waals surface area contributed by atoms with E-state index >= 15 is 0 Å². The second-order valence-electron chi connectivity index (χ2n) is 4.36. The molecule has 2 rings (SSSR count). The second kappa shape index (κ2) is 4.16. The van der Waals surface area contributed by atoms with Crippen molar-refractivity contribution in [3.05, 3.63) is 23.8 Å². The van der Waals surface area contributed by atoms with E-state index in [1.807, 2.05) is 6.07 Å². The predicted octanol–water partition coefficient (Wildman–Crippen LogP) is 2.12. The van der Waals surface area contributed by atoms with Gasteiger partial charge in [0.2, 0.25) is 0 Å². The summed E-state index contributed by atoms with van der Waals surface area (Å²) < 4.78 is 0. The lowest BCUT2D eigenvalue weighted by Crippen LogP contribution is -2.33. The molecule has 1 aromatic carbocycles. The fourth-order valence-corrected chi connectivity index (χ4v) is 2.52. The molecule has 3 heteroatoms. The van der Waals surface area contributed by atoms with Crippen molar-refractivity contribution >= 4 is 11.5 Å². The summed E-state index contributed by atoms with van der Waals surface area (Å²) in [6, 6.07) is 5.71. The number of nitrogens with zero attached hydrogens (tertiary/aromatic N) is 1. The molecule has 1 aliphatic rings. The van der Waals surface area contributed by atoms with Gasteiger partial charge >= 0.3 is 0 Å². The van der Waals surface area contributed by atoms with Gasteiger partial charge in [-0.15, -0.1) is 0 Å². The average Bonchev–Trinajstić information content (AvgIpc) is 2.52. The summed E-state index contributed by atoms with van der Waals surface area (Å²) in [5, 5.41) is 9.44. The van der Waals surface area contributed by atoms with E-state index in [0.29, 0.717) is 12.2 Å². The van der Waals surface area contributed by atoms with Crippen molar-refractivity contribution in [2.75, 3.05) is 11.4 Å². The zero-order chi connectivity index (χ0) is 11.7. The van der Waals surface area contributed by atoms with E-state index in [0.717, 1.165) is 24.2 Å². The van der Waals surface area contributed by atoms with Crippen LogP contribution in [0, 0.1) is 0 Å². The van der Waals surface area contributed by atoms with E-state index in [9.17, 15) is 9.90 Å². The van der Waals surface area contributed by atoms with Crippen molar-refractivity contribution in [1.29, 1.82) is 0 Å². The number of phenolic OH excluding ortho intramolecular Hbond substituents is 1. The summed E-state index contributed by atoms with van der Waals surface area (Å²) in [7, 11) is 0. The van der Waals surface area contributed by atoms with Gasteiger partial charge in [-0.3, -0.25) is 4.79 Å². The number of rotatable bonds is 3. The van der Waals surface area contributed by atoms with Crippen molar-refractivity contribution in [3.63, 3.8) is 0 Å². The molecule has 0 bridgehead atoms. The Labute approximate surface area is 95.7 Å². The van der Waals surface area contributed by atoms with Crippen LogP contribution in [-0.4, -0.2) is 23.5 Å². The van der Waals surface area contributed by atoms with E-state index in [1.165, 1.54) is 0 Å². The third-order valence-electron chi connectivity index (χ3n) is 3.13. The number of fused-ring (bicyclic) bond motifs is 1. The number of anilines is 1. The summed E-state index contributed by atoms with van der Waals surface area (Å²) in [6.45, 7) is 4.62. The van der Waals surface area contributed by atoms with Gasteiger partial charge in [-0.2, -0.15) is 0 Å². The van der Waals surface area contributed by atoms with Crippen LogP contribution in [0.5, 0.6) is 5.75 Å². The number of carbonyl (C=O) groups excluding carboxylic acids is 1. The number of likely N-dealkylation sites (N-methyl/N-ethyl adjacent to an activating group) is 1. The third-order valence-corrected chi connectivity index (χ3v) is 3.13. The Bertz CT molecular complexity index is 414. The van der Waals surface area contributed by atoms with Gasteiger partial charge in [-0.05, 0) is 44.0 Å². The highest BCUT2D eigenvalue weighted by molar-refractivity contribution is 5.77. The van der Waals surface area contributed by atoms with Gasteiger partial charge in [0.05, 0.1) is 0 Å². The Morgan fingerprint density at radius 1 is 1.56 bits per heavy atom. The zero-order valence-corrected chi connectivity index (χ0v) is 9.73. The van der Waals surface area contributed by atoms with Crippen molar-refractivity contribution in [3.8, 4) is 5.75 Å². The first-order valence-corrected chi connectivity index (χ1v) is 5.69. The highest BCUT2D eigenvalue weighted by Gasteiger charge is 2.28. The summed E-state index contributed by atoms with van der Waals surface area (Å²) in [5.74, 6) is 0.527. The van der Waals surface area contributed by atoms with Crippen LogP contribution in [0.1, 0.15) is 25.8 Å². The van der Waals surface area contributed by atoms with Gasteiger partial charge in [-0.25, -0.2) is 0 Å².